The summed E-state index contributed by atoms with van der Waals surface area (Å²) in [5, 5.41) is 13.4. The smallest absolute Gasteiger partial charge is 0.124 e. The molecule has 0 bridgehead atoms. The molecule has 2 rings (SSSR count). The fraction of sp³-hybridized carbons (Fsp3) is 0.455. The Labute approximate surface area is 162 Å². The van der Waals surface area contributed by atoms with Crippen molar-refractivity contribution in [1.29, 1.82) is 0 Å². The highest BCUT2D eigenvalue weighted by Gasteiger charge is 2.08. The minimum absolute atomic E-state index is 0.243. The molecule has 5 nitrogen and oxygen atoms in total. The Morgan fingerprint density at radius 2 is 1.81 bits per heavy atom. The minimum atomic E-state index is -0.564. The van der Waals surface area contributed by atoms with E-state index in [0.717, 1.165) is 24.3 Å². The highest BCUT2D eigenvalue weighted by atomic mass is 16.5. The molecule has 0 aliphatic carbocycles. The Morgan fingerprint density at radius 1 is 1.04 bits per heavy atom. The maximum absolute atomic E-state index is 10.1. The number of nitrogens with one attached hydrogen (secondary N) is 1. The van der Waals surface area contributed by atoms with Crippen LogP contribution in [-0.4, -0.2) is 51.2 Å². The number of methoxy groups -OCH3 is 1. The second-order valence-electron chi connectivity index (χ2n) is 6.56. The van der Waals surface area contributed by atoms with Gasteiger partial charge in [-0.3, -0.25) is 0 Å². The van der Waals surface area contributed by atoms with Gasteiger partial charge in [0, 0.05) is 19.2 Å². The molecule has 1 atom stereocenters. The first-order valence-electron chi connectivity index (χ1n) is 9.40. The Balaban J connectivity index is 1.66. The molecule has 148 valence electrons. The van der Waals surface area contributed by atoms with Crippen LogP contribution >= 0.6 is 0 Å². The second-order valence-corrected chi connectivity index (χ2v) is 6.56. The minimum Gasteiger partial charge on any atom is -0.490 e. The van der Waals surface area contributed by atoms with Gasteiger partial charge in [0.2, 0.25) is 0 Å². The number of ether oxygens (including phenoxy) is 3. The quantitative estimate of drug-likeness (QED) is 0.529. The molecular formula is C22H31NO4. The Kier molecular flexibility index (Phi) is 9.87. The van der Waals surface area contributed by atoms with Crippen LogP contribution in [0.3, 0.4) is 0 Å². The van der Waals surface area contributed by atoms with E-state index in [2.05, 4.69) is 36.5 Å². The topological polar surface area (TPSA) is 60.0 Å². The van der Waals surface area contributed by atoms with Crippen LogP contribution in [0.2, 0.25) is 0 Å². The van der Waals surface area contributed by atoms with Gasteiger partial charge in [-0.2, -0.15) is 0 Å². The summed E-state index contributed by atoms with van der Waals surface area (Å²) in [6.45, 7) is 5.22. The largest absolute Gasteiger partial charge is 0.490 e. The number of aryl methyl sites for hydroxylation is 1. The van der Waals surface area contributed by atoms with Gasteiger partial charge in [0.05, 0.1) is 19.8 Å². The summed E-state index contributed by atoms with van der Waals surface area (Å²) < 4.78 is 16.3. The summed E-state index contributed by atoms with van der Waals surface area (Å²) in [6.07, 6.45) is 0.376. The number of rotatable bonds is 13. The van der Waals surface area contributed by atoms with E-state index in [1.54, 1.807) is 7.11 Å². The third-order valence-electron chi connectivity index (χ3n) is 4.18. The van der Waals surface area contributed by atoms with Crippen LogP contribution in [0.5, 0.6) is 5.75 Å². The van der Waals surface area contributed by atoms with Crippen LogP contribution in [0, 0.1) is 6.92 Å². The van der Waals surface area contributed by atoms with Crippen LogP contribution < -0.4 is 10.1 Å². The predicted molar refractivity (Wildman–Crippen MR) is 107 cm³/mol. The number of aliphatic hydroxyl groups excluding tert-OH is 1. The molecule has 0 radical (unpaired) electrons. The molecule has 0 saturated heterocycles. The first-order valence-corrected chi connectivity index (χ1v) is 9.40. The van der Waals surface area contributed by atoms with Crippen molar-refractivity contribution in [1.82, 2.24) is 5.32 Å². The average molecular weight is 373 g/mol. The fourth-order valence-corrected chi connectivity index (χ4v) is 2.59. The molecule has 0 aliphatic rings. The third kappa shape index (κ3) is 8.54. The molecule has 0 saturated carbocycles. The maximum atomic E-state index is 10.1. The van der Waals surface area contributed by atoms with Gasteiger partial charge in [-0.15, -0.1) is 0 Å². The summed E-state index contributed by atoms with van der Waals surface area (Å²) in [5.41, 5.74) is 3.53. The van der Waals surface area contributed by atoms with Crippen molar-refractivity contribution in [3.8, 4) is 5.75 Å². The van der Waals surface area contributed by atoms with E-state index in [9.17, 15) is 5.11 Å². The Hall–Kier alpha value is -1.92. The van der Waals surface area contributed by atoms with Crippen molar-refractivity contribution < 1.29 is 19.3 Å². The second kappa shape index (κ2) is 12.5. The average Bonchev–Trinajstić information content (AvgIpc) is 2.69. The molecule has 0 spiro atoms. The Morgan fingerprint density at radius 3 is 2.59 bits per heavy atom. The van der Waals surface area contributed by atoms with Crippen molar-refractivity contribution in [2.45, 2.75) is 26.1 Å². The van der Waals surface area contributed by atoms with Gasteiger partial charge in [0.25, 0.3) is 0 Å². The molecule has 0 aromatic heterocycles. The van der Waals surface area contributed by atoms with E-state index < -0.39 is 6.10 Å². The van der Waals surface area contributed by atoms with Crippen LogP contribution in [0.1, 0.15) is 16.7 Å². The number of benzene rings is 2. The highest BCUT2D eigenvalue weighted by molar-refractivity contribution is 5.32. The van der Waals surface area contributed by atoms with Gasteiger partial charge in [-0.25, -0.2) is 0 Å². The molecule has 0 amide bonds. The van der Waals surface area contributed by atoms with Gasteiger partial charge >= 0.3 is 0 Å². The first-order chi connectivity index (χ1) is 13.2. The maximum Gasteiger partial charge on any atom is 0.124 e. The van der Waals surface area contributed by atoms with E-state index >= 15 is 0 Å². The van der Waals surface area contributed by atoms with Crippen LogP contribution in [0.15, 0.2) is 48.5 Å². The summed E-state index contributed by atoms with van der Waals surface area (Å²) in [6, 6.07) is 16.2. The first kappa shape index (κ1) is 21.4. The molecule has 0 aliphatic heterocycles. The van der Waals surface area contributed by atoms with E-state index in [1.165, 1.54) is 11.1 Å². The third-order valence-corrected chi connectivity index (χ3v) is 4.18. The lowest BCUT2D eigenvalue weighted by Crippen LogP contribution is -2.32. The molecule has 27 heavy (non-hydrogen) atoms. The molecule has 5 heteroatoms. The highest BCUT2D eigenvalue weighted by Crippen LogP contribution is 2.19. The zero-order valence-electron chi connectivity index (χ0n) is 16.3. The van der Waals surface area contributed by atoms with Crippen molar-refractivity contribution >= 4 is 0 Å². The zero-order chi connectivity index (χ0) is 19.3. The lowest BCUT2D eigenvalue weighted by molar-refractivity contribution is 0.0591. The van der Waals surface area contributed by atoms with Gasteiger partial charge in [-0.05, 0) is 31.5 Å². The van der Waals surface area contributed by atoms with Gasteiger partial charge in [-0.1, -0.05) is 48.0 Å². The number of aliphatic hydroxyl groups is 1. The molecular weight excluding hydrogens is 342 g/mol. The fourth-order valence-electron chi connectivity index (χ4n) is 2.59. The van der Waals surface area contributed by atoms with Crippen molar-refractivity contribution in [3.05, 3.63) is 65.2 Å². The number of para-hydroxylation sites is 1. The SMILES string of the molecule is COCCOCc1ccccc1OCC(O)CNCCc1ccc(C)cc1. The summed E-state index contributed by atoms with van der Waals surface area (Å²) in [7, 11) is 1.65. The summed E-state index contributed by atoms with van der Waals surface area (Å²) in [5.74, 6) is 0.744. The summed E-state index contributed by atoms with van der Waals surface area (Å²) >= 11 is 0. The summed E-state index contributed by atoms with van der Waals surface area (Å²) in [4.78, 5) is 0. The standard InChI is InChI=1S/C22H31NO4/c1-18-7-9-19(10-8-18)11-12-23-15-21(24)17-27-22-6-4-3-5-20(22)16-26-14-13-25-2/h3-10,21,23-24H,11-17H2,1-2H3. The van der Waals surface area contributed by atoms with E-state index in [1.807, 2.05) is 24.3 Å². The van der Waals surface area contributed by atoms with Crippen LogP contribution in [0.4, 0.5) is 0 Å². The van der Waals surface area contributed by atoms with Crippen LogP contribution in [0.25, 0.3) is 0 Å². The van der Waals surface area contributed by atoms with E-state index in [0.29, 0.717) is 26.4 Å². The lowest BCUT2D eigenvalue weighted by atomic mass is 10.1. The zero-order valence-corrected chi connectivity index (χ0v) is 16.3. The van der Waals surface area contributed by atoms with Crippen LogP contribution in [-0.2, 0) is 22.5 Å². The molecule has 2 aromatic carbocycles. The number of hydrogen-bond acceptors (Lipinski definition) is 5. The van der Waals surface area contributed by atoms with E-state index in [-0.39, 0.29) is 6.61 Å². The molecule has 0 heterocycles. The lowest BCUT2D eigenvalue weighted by Gasteiger charge is -2.16. The van der Waals surface area contributed by atoms with Crippen molar-refractivity contribution in [2.75, 3.05) is 40.0 Å². The molecule has 2 N–H and O–H groups in total. The molecule has 0 fully saturated rings. The predicted octanol–water partition coefficient (Wildman–Crippen LogP) is 2.73. The normalized spacial score (nSPS) is 12.1. The monoisotopic (exact) mass is 373 g/mol. The van der Waals surface area contributed by atoms with Crippen molar-refractivity contribution in [3.63, 3.8) is 0 Å². The Bertz CT molecular complexity index is 645. The number of hydrogen-bond donors (Lipinski definition) is 2. The van der Waals surface area contributed by atoms with E-state index in [4.69, 9.17) is 14.2 Å². The van der Waals surface area contributed by atoms with Gasteiger partial charge in [0.15, 0.2) is 0 Å². The van der Waals surface area contributed by atoms with Gasteiger partial charge in [0.1, 0.15) is 18.5 Å². The van der Waals surface area contributed by atoms with Gasteiger partial charge < -0.3 is 24.6 Å². The molecule has 2 aromatic rings. The molecule has 1 unspecified atom stereocenters. The van der Waals surface area contributed by atoms with Crippen molar-refractivity contribution in [2.24, 2.45) is 0 Å².